The summed E-state index contributed by atoms with van der Waals surface area (Å²) in [5.74, 6) is 0.213. The summed E-state index contributed by atoms with van der Waals surface area (Å²) in [4.78, 5) is 12.5. The van der Waals surface area contributed by atoms with Crippen molar-refractivity contribution in [3.8, 4) is 0 Å². The molecule has 2 N–H and O–H groups in total. The maximum Gasteiger partial charge on any atom is 0.290 e. The molecule has 0 aliphatic heterocycles. The van der Waals surface area contributed by atoms with Crippen LogP contribution in [0.3, 0.4) is 0 Å². The minimum atomic E-state index is -0.118. The van der Waals surface area contributed by atoms with E-state index in [-0.39, 0.29) is 11.5 Å². The number of benzene rings is 1. The fraction of sp³-hybridized carbons (Fsp3) is 0.438. The number of halogens is 1. The molecular formula is C16H22ClN3O. The van der Waals surface area contributed by atoms with Gasteiger partial charge in [0.25, 0.3) is 5.56 Å². The van der Waals surface area contributed by atoms with Gasteiger partial charge in [-0.05, 0) is 30.0 Å². The van der Waals surface area contributed by atoms with Gasteiger partial charge >= 0.3 is 0 Å². The van der Waals surface area contributed by atoms with Crippen LogP contribution in [-0.2, 0) is 13.1 Å². The van der Waals surface area contributed by atoms with Crippen LogP contribution in [0, 0.1) is 0 Å². The summed E-state index contributed by atoms with van der Waals surface area (Å²) in [5.41, 5.74) is 8.20. The fourth-order valence-corrected chi connectivity index (χ4v) is 2.87. The zero-order chi connectivity index (χ0) is 15.6. The lowest BCUT2D eigenvalue weighted by molar-refractivity contribution is 0.443. The minimum absolute atomic E-state index is 0.118. The Morgan fingerprint density at radius 2 is 2.00 bits per heavy atom. The van der Waals surface area contributed by atoms with Gasteiger partial charge in [-0.15, -0.1) is 0 Å². The Morgan fingerprint density at radius 3 is 2.57 bits per heavy atom. The Kier molecular flexibility index (Phi) is 4.78. The van der Waals surface area contributed by atoms with E-state index in [1.54, 1.807) is 4.68 Å². The summed E-state index contributed by atoms with van der Waals surface area (Å²) < 4.78 is 3.74. The number of nitrogen functional groups attached to an aromatic ring is 1. The van der Waals surface area contributed by atoms with Crippen LogP contribution < -0.4 is 11.3 Å². The zero-order valence-corrected chi connectivity index (χ0v) is 13.5. The largest absolute Gasteiger partial charge is 0.393 e. The van der Waals surface area contributed by atoms with Gasteiger partial charge in [0.15, 0.2) is 0 Å². The second-order valence-electron chi connectivity index (χ2n) is 5.57. The molecule has 21 heavy (non-hydrogen) atoms. The summed E-state index contributed by atoms with van der Waals surface area (Å²) >= 11 is 6.02. The third kappa shape index (κ3) is 3.16. The van der Waals surface area contributed by atoms with Crippen molar-refractivity contribution in [3.63, 3.8) is 0 Å². The summed E-state index contributed by atoms with van der Waals surface area (Å²) in [6.07, 6.45) is 0.947. The average Bonchev–Trinajstić information content (AvgIpc) is 2.64. The molecule has 114 valence electrons. The molecule has 0 spiro atoms. The van der Waals surface area contributed by atoms with Crippen molar-refractivity contribution in [2.24, 2.45) is 0 Å². The van der Waals surface area contributed by atoms with Crippen LogP contribution >= 0.6 is 11.6 Å². The van der Waals surface area contributed by atoms with E-state index in [9.17, 15) is 4.79 Å². The average molecular weight is 308 g/mol. The Morgan fingerprint density at radius 1 is 1.29 bits per heavy atom. The number of nitrogens with zero attached hydrogens (tertiary/aromatic N) is 2. The molecule has 0 fully saturated rings. The van der Waals surface area contributed by atoms with Gasteiger partial charge in [0, 0.05) is 11.6 Å². The van der Waals surface area contributed by atoms with E-state index < -0.39 is 0 Å². The summed E-state index contributed by atoms with van der Waals surface area (Å²) in [5, 5.41) is 0.672. The molecule has 0 atom stereocenters. The van der Waals surface area contributed by atoms with E-state index in [4.69, 9.17) is 17.3 Å². The molecular weight excluding hydrogens is 286 g/mol. The quantitative estimate of drug-likeness (QED) is 0.919. The van der Waals surface area contributed by atoms with Crippen LogP contribution in [0.2, 0.25) is 5.02 Å². The van der Waals surface area contributed by atoms with Crippen LogP contribution in [0.25, 0.3) is 0 Å². The molecule has 2 aromatic rings. The Bertz CT molecular complexity index is 685. The molecule has 0 amide bonds. The highest BCUT2D eigenvalue weighted by atomic mass is 35.5. The van der Waals surface area contributed by atoms with E-state index in [1.165, 1.54) is 0 Å². The first-order valence-electron chi connectivity index (χ1n) is 7.29. The second-order valence-corrected chi connectivity index (χ2v) is 6.01. The highest BCUT2D eigenvalue weighted by Gasteiger charge is 2.19. The Labute approximate surface area is 130 Å². The summed E-state index contributed by atoms with van der Waals surface area (Å²) in [6.45, 7) is 7.47. The molecule has 4 nitrogen and oxygen atoms in total. The van der Waals surface area contributed by atoms with E-state index in [2.05, 4.69) is 20.8 Å². The third-order valence-corrected chi connectivity index (χ3v) is 3.75. The van der Waals surface area contributed by atoms with E-state index in [0.29, 0.717) is 17.3 Å². The summed E-state index contributed by atoms with van der Waals surface area (Å²) in [6, 6.07) is 7.56. The minimum Gasteiger partial charge on any atom is -0.393 e. The number of anilines is 1. The molecule has 1 heterocycles. The molecule has 0 unspecified atom stereocenters. The zero-order valence-electron chi connectivity index (χ0n) is 12.8. The topological polar surface area (TPSA) is 52.9 Å². The normalized spacial score (nSPS) is 11.3. The molecule has 0 aliphatic rings. The smallest absolute Gasteiger partial charge is 0.290 e. The van der Waals surface area contributed by atoms with Crippen LogP contribution in [-0.4, -0.2) is 9.36 Å². The lowest BCUT2D eigenvalue weighted by Crippen LogP contribution is -2.25. The molecule has 0 saturated carbocycles. The predicted molar refractivity (Wildman–Crippen MR) is 88.0 cm³/mol. The number of hydrogen-bond acceptors (Lipinski definition) is 2. The molecule has 1 aromatic carbocycles. The first-order valence-corrected chi connectivity index (χ1v) is 7.66. The van der Waals surface area contributed by atoms with Crippen molar-refractivity contribution in [1.82, 2.24) is 9.36 Å². The first-order chi connectivity index (χ1) is 9.95. The number of hydrogen-bond donors (Lipinski definition) is 1. The summed E-state index contributed by atoms with van der Waals surface area (Å²) in [7, 11) is 0. The van der Waals surface area contributed by atoms with Crippen LogP contribution in [0.15, 0.2) is 29.1 Å². The number of rotatable bonds is 5. The van der Waals surface area contributed by atoms with Crippen LogP contribution in [0.4, 0.5) is 5.69 Å². The SMILES string of the molecule is CCCn1c(C(C)C)c(N)c(=O)n1Cc1cccc(Cl)c1. The van der Waals surface area contributed by atoms with Crippen molar-refractivity contribution in [2.75, 3.05) is 5.73 Å². The third-order valence-electron chi connectivity index (χ3n) is 3.51. The van der Waals surface area contributed by atoms with E-state index >= 15 is 0 Å². The van der Waals surface area contributed by atoms with E-state index in [0.717, 1.165) is 24.2 Å². The van der Waals surface area contributed by atoms with Crippen molar-refractivity contribution in [1.29, 1.82) is 0 Å². The fourth-order valence-electron chi connectivity index (χ4n) is 2.65. The van der Waals surface area contributed by atoms with Gasteiger partial charge in [0.05, 0.1) is 12.2 Å². The molecule has 0 radical (unpaired) electrons. The molecule has 0 aliphatic carbocycles. The monoisotopic (exact) mass is 307 g/mol. The number of aromatic nitrogens is 2. The number of nitrogens with two attached hydrogens (primary N) is 1. The van der Waals surface area contributed by atoms with Gasteiger partial charge in [0.1, 0.15) is 5.69 Å². The van der Waals surface area contributed by atoms with Crippen molar-refractivity contribution < 1.29 is 0 Å². The Hall–Kier alpha value is -1.68. The van der Waals surface area contributed by atoms with Crippen LogP contribution in [0.5, 0.6) is 0 Å². The predicted octanol–water partition coefficient (Wildman–Crippen LogP) is 3.47. The highest BCUT2D eigenvalue weighted by Crippen LogP contribution is 2.21. The first kappa shape index (κ1) is 15.7. The highest BCUT2D eigenvalue weighted by molar-refractivity contribution is 6.30. The van der Waals surface area contributed by atoms with Gasteiger partial charge in [-0.1, -0.05) is 44.5 Å². The molecule has 5 heteroatoms. The van der Waals surface area contributed by atoms with Crippen molar-refractivity contribution >= 4 is 17.3 Å². The Balaban J connectivity index is 2.52. The van der Waals surface area contributed by atoms with Crippen molar-refractivity contribution in [2.45, 2.75) is 46.2 Å². The molecule has 0 bridgehead atoms. The standard InChI is InChI=1S/C16H22ClN3O/c1-4-8-19-15(11(2)3)14(18)16(21)20(19)10-12-6-5-7-13(17)9-12/h5-7,9,11H,4,8,10,18H2,1-3H3. The lowest BCUT2D eigenvalue weighted by Gasteiger charge is -2.16. The molecule has 0 saturated heterocycles. The molecule has 2 rings (SSSR count). The maximum atomic E-state index is 12.5. The van der Waals surface area contributed by atoms with Gasteiger partial charge in [-0.25, -0.2) is 4.68 Å². The van der Waals surface area contributed by atoms with E-state index in [1.807, 2.05) is 28.9 Å². The molecule has 1 aromatic heterocycles. The maximum absolute atomic E-state index is 12.5. The van der Waals surface area contributed by atoms with Crippen LogP contribution in [0.1, 0.15) is 44.4 Å². The van der Waals surface area contributed by atoms with Crippen molar-refractivity contribution in [3.05, 3.63) is 50.9 Å². The van der Waals surface area contributed by atoms with Gasteiger partial charge in [-0.3, -0.25) is 9.48 Å². The van der Waals surface area contributed by atoms with Gasteiger partial charge in [0.2, 0.25) is 0 Å². The van der Waals surface area contributed by atoms with Gasteiger partial charge in [-0.2, -0.15) is 0 Å². The van der Waals surface area contributed by atoms with Gasteiger partial charge < -0.3 is 5.73 Å². The lowest BCUT2D eigenvalue weighted by atomic mass is 10.1. The second kappa shape index (κ2) is 6.39.